The Morgan fingerprint density at radius 1 is 0.879 bits per heavy atom. The van der Waals surface area contributed by atoms with Crippen molar-refractivity contribution in [2.45, 2.75) is 33.9 Å². The largest absolute Gasteiger partial charge is 0.484 e. The van der Waals surface area contributed by atoms with E-state index in [0.29, 0.717) is 25.4 Å². The highest BCUT2D eigenvalue weighted by molar-refractivity contribution is 7.10. The molecule has 0 saturated carbocycles. The first kappa shape index (κ1) is 24.5. The number of hydrogen-bond donors (Lipinski definition) is 0. The van der Waals surface area contributed by atoms with Gasteiger partial charge in [-0.2, -0.15) is 0 Å². The second-order valence-corrected chi connectivity index (χ2v) is 9.53. The predicted octanol–water partition coefficient (Wildman–Crippen LogP) is 5.15. The molecule has 0 aliphatic rings. The summed E-state index contributed by atoms with van der Waals surface area (Å²) in [5.74, 6) is 0.620. The number of carbonyl (C=O) groups is 2. The molecule has 6 heteroatoms. The van der Waals surface area contributed by atoms with Crippen LogP contribution in [0.5, 0.6) is 5.75 Å². The molecule has 1 aromatic heterocycles. The molecule has 1 heterocycles. The average molecular weight is 465 g/mol. The summed E-state index contributed by atoms with van der Waals surface area (Å²) in [6.07, 6.45) is 0. The maximum Gasteiger partial charge on any atom is 0.260 e. The summed E-state index contributed by atoms with van der Waals surface area (Å²) in [6, 6.07) is 21.3. The number of thiophene rings is 1. The summed E-state index contributed by atoms with van der Waals surface area (Å²) >= 11 is 1.65. The number of amides is 2. The van der Waals surface area contributed by atoms with Crippen molar-refractivity contribution in [3.05, 3.63) is 88.1 Å². The highest BCUT2D eigenvalue weighted by Gasteiger charge is 2.23. The Hall–Kier alpha value is -3.12. The van der Waals surface area contributed by atoms with Gasteiger partial charge in [-0.3, -0.25) is 9.59 Å². The normalized spacial score (nSPS) is 10.8. The number of carbonyl (C=O) groups excluding carboxylic acids is 2. The first-order valence-corrected chi connectivity index (χ1v) is 12.1. The molecule has 5 nitrogen and oxygen atoms in total. The molecule has 0 aliphatic carbocycles. The van der Waals surface area contributed by atoms with Gasteiger partial charge in [0, 0.05) is 18.0 Å². The van der Waals surface area contributed by atoms with Gasteiger partial charge in [0.25, 0.3) is 5.91 Å². The lowest BCUT2D eigenvalue weighted by Gasteiger charge is -2.29. The molecule has 0 saturated heterocycles. The van der Waals surface area contributed by atoms with Gasteiger partial charge < -0.3 is 14.5 Å². The third-order valence-corrected chi connectivity index (χ3v) is 6.25. The highest BCUT2D eigenvalue weighted by atomic mass is 32.1. The summed E-state index contributed by atoms with van der Waals surface area (Å²) in [7, 11) is 0. The zero-order valence-electron chi connectivity index (χ0n) is 19.6. The van der Waals surface area contributed by atoms with Crippen molar-refractivity contribution in [1.29, 1.82) is 0 Å². The van der Waals surface area contributed by atoms with Crippen molar-refractivity contribution in [3.63, 3.8) is 0 Å². The lowest BCUT2D eigenvalue weighted by atomic mass is 10.2. The van der Waals surface area contributed by atoms with Gasteiger partial charge in [0.2, 0.25) is 5.91 Å². The van der Waals surface area contributed by atoms with E-state index in [4.69, 9.17) is 4.74 Å². The van der Waals surface area contributed by atoms with E-state index >= 15 is 0 Å². The van der Waals surface area contributed by atoms with E-state index in [2.05, 4.69) is 13.0 Å². The molecule has 0 spiro atoms. The standard InChI is InChI=1S/C27H32N2O3S/c1-21(2)16-28(27(31)20-32-24-12-8-5-9-13-24)19-26(30)29(17-23-10-6-4-7-11-23)18-25-22(3)14-15-33-25/h4-15,21H,16-20H2,1-3H3. The Kier molecular flexibility index (Phi) is 9.07. The molecule has 0 fully saturated rings. The van der Waals surface area contributed by atoms with Crippen LogP contribution in [0.2, 0.25) is 0 Å². The number of hydrogen-bond acceptors (Lipinski definition) is 4. The van der Waals surface area contributed by atoms with Crippen molar-refractivity contribution < 1.29 is 14.3 Å². The van der Waals surface area contributed by atoms with Crippen molar-refractivity contribution in [1.82, 2.24) is 9.80 Å². The number of rotatable bonds is 11. The number of aryl methyl sites for hydroxylation is 1. The van der Waals surface area contributed by atoms with E-state index in [1.54, 1.807) is 16.2 Å². The minimum absolute atomic E-state index is 0.0341. The topological polar surface area (TPSA) is 49.9 Å². The van der Waals surface area contributed by atoms with Gasteiger partial charge in [-0.1, -0.05) is 62.4 Å². The first-order valence-electron chi connectivity index (χ1n) is 11.2. The maximum absolute atomic E-state index is 13.5. The van der Waals surface area contributed by atoms with Crippen LogP contribution in [0.4, 0.5) is 0 Å². The number of nitrogens with zero attached hydrogens (tertiary/aromatic N) is 2. The maximum atomic E-state index is 13.5. The fraction of sp³-hybridized carbons (Fsp3) is 0.333. The van der Waals surface area contributed by atoms with Crippen molar-refractivity contribution in [2.75, 3.05) is 19.7 Å². The summed E-state index contributed by atoms with van der Waals surface area (Å²) in [6.45, 7) is 7.62. The summed E-state index contributed by atoms with van der Waals surface area (Å²) in [5.41, 5.74) is 2.24. The molecule has 0 atom stereocenters. The Labute approximate surface area is 200 Å². The van der Waals surface area contributed by atoms with Gasteiger partial charge in [-0.25, -0.2) is 0 Å². The van der Waals surface area contributed by atoms with Gasteiger partial charge >= 0.3 is 0 Å². The van der Waals surface area contributed by atoms with E-state index in [1.165, 1.54) is 5.56 Å². The first-order chi connectivity index (χ1) is 15.9. The second-order valence-electron chi connectivity index (χ2n) is 8.53. The molecule has 0 N–H and O–H groups in total. The van der Waals surface area contributed by atoms with Crippen LogP contribution in [0.1, 0.15) is 29.9 Å². The van der Waals surface area contributed by atoms with Crippen LogP contribution in [-0.4, -0.2) is 41.3 Å². The van der Waals surface area contributed by atoms with Crippen LogP contribution in [-0.2, 0) is 22.7 Å². The zero-order valence-corrected chi connectivity index (χ0v) is 20.4. The van der Waals surface area contributed by atoms with Crippen molar-refractivity contribution in [3.8, 4) is 5.75 Å². The SMILES string of the molecule is Cc1ccsc1CN(Cc1ccccc1)C(=O)CN(CC(C)C)C(=O)COc1ccccc1. The Morgan fingerprint density at radius 2 is 1.55 bits per heavy atom. The minimum atomic E-state index is -0.187. The highest BCUT2D eigenvalue weighted by Crippen LogP contribution is 2.20. The second kappa shape index (κ2) is 12.2. The van der Waals surface area contributed by atoms with Crippen molar-refractivity contribution >= 4 is 23.2 Å². The van der Waals surface area contributed by atoms with Crippen LogP contribution in [0.25, 0.3) is 0 Å². The summed E-state index contributed by atoms with van der Waals surface area (Å²) < 4.78 is 5.65. The molecule has 0 unspecified atom stereocenters. The molecule has 3 rings (SSSR count). The van der Waals surface area contributed by atoms with Gasteiger partial charge in [-0.15, -0.1) is 11.3 Å². The lowest BCUT2D eigenvalue weighted by molar-refractivity contribution is -0.142. The monoisotopic (exact) mass is 464 g/mol. The van der Waals surface area contributed by atoms with E-state index in [0.717, 1.165) is 10.4 Å². The zero-order chi connectivity index (χ0) is 23.6. The number of para-hydroxylation sites is 1. The van der Waals surface area contributed by atoms with Crippen LogP contribution in [0.15, 0.2) is 72.1 Å². The van der Waals surface area contributed by atoms with Crippen LogP contribution < -0.4 is 4.74 Å². The van der Waals surface area contributed by atoms with Gasteiger partial charge in [0.05, 0.1) is 13.1 Å². The fourth-order valence-corrected chi connectivity index (χ4v) is 4.41. The average Bonchev–Trinajstić information content (AvgIpc) is 3.22. The van der Waals surface area contributed by atoms with Crippen molar-refractivity contribution in [2.24, 2.45) is 5.92 Å². The van der Waals surface area contributed by atoms with E-state index in [1.807, 2.05) is 84.8 Å². The summed E-state index contributed by atoms with van der Waals surface area (Å²) in [4.78, 5) is 31.0. The van der Waals surface area contributed by atoms with Crippen LogP contribution in [0, 0.1) is 12.8 Å². The fourth-order valence-electron chi connectivity index (χ4n) is 3.49. The number of ether oxygens (including phenoxy) is 1. The Bertz CT molecular complexity index is 1020. The molecule has 2 aromatic carbocycles. The lowest BCUT2D eigenvalue weighted by Crippen LogP contribution is -2.45. The molecule has 174 valence electrons. The third-order valence-electron chi connectivity index (χ3n) is 5.24. The molecular weight excluding hydrogens is 432 g/mol. The van der Waals surface area contributed by atoms with E-state index in [9.17, 15) is 9.59 Å². The molecule has 0 aliphatic heterocycles. The Morgan fingerprint density at radius 3 is 2.15 bits per heavy atom. The molecule has 0 bridgehead atoms. The van der Waals surface area contributed by atoms with Crippen LogP contribution in [0.3, 0.4) is 0 Å². The quantitative estimate of drug-likeness (QED) is 0.394. The Balaban J connectivity index is 1.72. The van der Waals surface area contributed by atoms with E-state index < -0.39 is 0 Å². The van der Waals surface area contributed by atoms with Gasteiger partial charge in [0.1, 0.15) is 5.75 Å². The molecule has 2 amide bonds. The smallest absolute Gasteiger partial charge is 0.260 e. The molecule has 33 heavy (non-hydrogen) atoms. The predicted molar refractivity (Wildman–Crippen MR) is 133 cm³/mol. The number of benzene rings is 2. The van der Waals surface area contributed by atoms with Gasteiger partial charge in [0.15, 0.2) is 6.61 Å². The molecular formula is C27H32N2O3S. The van der Waals surface area contributed by atoms with Gasteiger partial charge in [-0.05, 0) is 47.5 Å². The van der Waals surface area contributed by atoms with Crippen LogP contribution >= 0.6 is 11.3 Å². The van der Waals surface area contributed by atoms with E-state index in [-0.39, 0.29) is 30.9 Å². The molecule has 3 aromatic rings. The third kappa shape index (κ3) is 7.75. The summed E-state index contributed by atoms with van der Waals surface area (Å²) in [5, 5.41) is 2.05. The minimum Gasteiger partial charge on any atom is -0.484 e. The molecule has 0 radical (unpaired) electrons.